The van der Waals surface area contributed by atoms with Crippen LogP contribution in [0.4, 0.5) is 5.82 Å². The molecule has 2 N–H and O–H groups in total. The number of anilines is 1. The fourth-order valence-corrected chi connectivity index (χ4v) is 2.80. The average molecular weight is 476 g/mol. The van der Waals surface area contributed by atoms with Gasteiger partial charge in [-0.2, -0.15) is 0 Å². The third kappa shape index (κ3) is 9.02. The molecule has 0 aliphatic carbocycles. The lowest BCUT2D eigenvalue weighted by Crippen LogP contribution is -2.41. The van der Waals surface area contributed by atoms with Crippen LogP contribution in [-0.2, 0) is 6.54 Å². The SMILES string of the molecule is CN=C(NCCCN(C(C)C)C(C)C)NCc1ccnc(N(C)C)c1.I. The Labute approximate surface area is 176 Å². The van der Waals surface area contributed by atoms with E-state index in [9.17, 15) is 0 Å². The molecule has 0 aliphatic rings. The molecule has 0 bridgehead atoms. The first-order valence-electron chi connectivity index (χ1n) is 9.17. The summed E-state index contributed by atoms with van der Waals surface area (Å²) in [5, 5.41) is 6.76. The van der Waals surface area contributed by atoms with Crippen molar-refractivity contribution in [1.82, 2.24) is 20.5 Å². The van der Waals surface area contributed by atoms with Gasteiger partial charge in [0.25, 0.3) is 0 Å². The highest BCUT2D eigenvalue weighted by atomic mass is 127. The summed E-state index contributed by atoms with van der Waals surface area (Å²) in [4.78, 5) is 13.2. The number of hydrogen-bond donors (Lipinski definition) is 2. The number of rotatable bonds is 9. The molecule has 0 atom stereocenters. The molecule has 0 aromatic carbocycles. The lowest BCUT2D eigenvalue weighted by molar-refractivity contribution is 0.173. The Morgan fingerprint density at radius 3 is 2.35 bits per heavy atom. The Morgan fingerprint density at radius 2 is 1.81 bits per heavy atom. The van der Waals surface area contributed by atoms with E-state index >= 15 is 0 Å². The van der Waals surface area contributed by atoms with E-state index in [0.717, 1.165) is 37.8 Å². The molecule has 0 aliphatic heterocycles. The van der Waals surface area contributed by atoms with Crippen LogP contribution in [0.25, 0.3) is 0 Å². The highest BCUT2D eigenvalue weighted by Crippen LogP contribution is 2.09. The number of aliphatic imine (C=N–C) groups is 1. The second-order valence-corrected chi connectivity index (χ2v) is 7.05. The summed E-state index contributed by atoms with van der Waals surface area (Å²) in [6.07, 6.45) is 2.94. The van der Waals surface area contributed by atoms with Crippen molar-refractivity contribution >= 4 is 35.8 Å². The van der Waals surface area contributed by atoms with E-state index in [1.165, 1.54) is 5.56 Å². The van der Waals surface area contributed by atoms with Crippen LogP contribution in [0, 0.1) is 0 Å². The van der Waals surface area contributed by atoms with Crippen molar-refractivity contribution < 1.29 is 0 Å². The maximum absolute atomic E-state index is 4.34. The molecule has 1 aromatic rings. The molecule has 0 amide bonds. The molecular formula is C19H37IN6. The summed E-state index contributed by atoms with van der Waals surface area (Å²) in [5.74, 6) is 1.80. The predicted molar refractivity (Wildman–Crippen MR) is 124 cm³/mol. The molecule has 1 heterocycles. The fourth-order valence-electron chi connectivity index (χ4n) is 2.80. The van der Waals surface area contributed by atoms with Crippen molar-refractivity contribution in [3.63, 3.8) is 0 Å². The number of hydrogen-bond acceptors (Lipinski definition) is 4. The van der Waals surface area contributed by atoms with Gasteiger partial charge in [-0.05, 0) is 51.8 Å². The van der Waals surface area contributed by atoms with Crippen molar-refractivity contribution in [2.24, 2.45) is 4.99 Å². The van der Waals surface area contributed by atoms with E-state index < -0.39 is 0 Å². The molecule has 6 nitrogen and oxygen atoms in total. The summed E-state index contributed by atoms with van der Waals surface area (Å²) < 4.78 is 0. The van der Waals surface area contributed by atoms with Crippen LogP contribution in [0.15, 0.2) is 23.3 Å². The average Bonchev–Trinajstić information content (AvgIpc) is 2.56. The lowest BCUT2D eigenvalue weighted by atomic mass is 10.2. The van der Waals surface area contributed by atoms with Gasteiger partial charge in [-0.15, -0.1) is 24.0 Å². The van der Waals surface area contributed by atoms with Crippen LogP contribution in [0.5, 0.6) is 0 Å². The van der Waals surface area contributed by atoms with E-state index in [-0.39, 0.29) is 24.0 Å². The maximum atomic E-state index is 4.34. The largest absolute Gasteiger partial charge is 0.363 e. The molecule has 0 spiro atoms. The first-order valence-corrected chi connectivity index (χ1v) is 9.17. The van der Waals surface area contributed by atoms with Gasteiger partial charge in [-0.1, -0.05) is 0 Å². The van der Waals surface area contributed by atoms with Crippen molar-refractivity contribution in [3.8, 4) is 0 Å². The summed E-state index contributed by atoms with van der Waals surface area (Å²) in [6.45, 7) is 11.8. The van der Waals surface area contributed by atoms with Crippen molar-refractivity contribution in [2.75, 3.05) is 39.1 Å². The van der Waals surface area contributed by atoms with E-state index in [1.54, 1.807) is 0 Å². The van der Waals surface area contributed by atoms with Crippen molar-refractivity contribution in [3.05, 3.63) is 23.9 Å². The van der Waals surface area contributed by atoms with E-state index in [4.69, 9.17) is 0 Å². The van der Waals surface area contributed by atoms with Gasteiger partial charge in [-0.25, -0.2) is 4.98 Å². The van der Waals surface area contributed by atoms with Crippen LogP contribution in [0.2, 0.25) is 0 Å². The van der Waals surface area contributed by atoms with Gasteiger partial charge in [0.15, 0.2) is 5.96 Å². The molecule has 26 heavy (non-hydrogen) atoms. The number of nitrogens with one attached hydrogen (secondary N) is 2. The lowest BCUT2D eigenvalue weighted by Gasteiger charge is -2.30. The van der Waals surface area contributed by atoms with E-state index in [0.29, 0.717) is 12.1 Å². The van der Waals surface area contributed by atoms with Gasteiger partial charge >= 0.3 is 0 Å². The van der Waals surface area contributed by atoms with Gasteiger partial charge in [0, 0.05) is 59.1 Å². The van der Waals surface area contributed by atoms with Gasteiger partial charge in [0.05, 0.1) is 0 Å². The number of nitrogens with zero attached hydrogens (tertiary/aromatic N) is 4. The fraction of sp³-hybridized carbons (Fsp3) is 0.684. The quantitative estimate of drug-likeness (QED) is 0.249. The number of pyridine rings is 1. The smallest absolute Gasteiger partial charge is 0.191 e. The van der Waals surface area contributed by atoms with Crippen LogP contribution in [0.3, 0.4) is 0 Å². The zero-order chi connectivity index (χ0) is 18.8. The van der Waals surface area contributed by atoms with Crippen LogP contribution >= 0.6 is 24.0 Å². The minimum absolute atomic E-state index is 0. The second-order valence-electron chi connectivity index (χ2n) is 7.05. The molecule has 0 radical (unpaired) electrons. The first-order chi connectivity index (χ1) is 11.8. The topological polar surface area (TPSA) is 55.8 Å². The molecule has 0 unspecified atom stereocenters. The number of halogens is 1. The molecule has 0 saturated heterocycles. The molecule has 0 fully saturated rings. The molecule has 150 valence electrons. The molecule has 1 aromatic heterocycles. The minimum atomic E-state index is 0. The zero-order valence-corrected chi connectivity index (χ0v) is 19.7. The molecule has 7 heteroatoms. The van der Waals surface area contributed by atoms with Crippen LogP contribution in [0.1, 0.15) is 39.7 Å². The normalized spacial score (nSPS) is 11.7. The van der Waals surface area contributed by atoms with Gasteiger partial charge in [-0.3, -0.25) is 9.89 Å². The Bertz CT molecular complexity index is 523. The third-order valence-corrected chi connectivity index (χ3v) is 4.16. The van der Waals surface area contributed by atoms with Crippen LogP contribution < -0.4 is 15.5 Å². The maximum Gasteiger partial charge on any atom is 0.191 e. The Hall–Kier alpha value is -1.09. The van der Waals surface area contributed by atoms with Gasteiger partial charge < -0.3 is 15.5 Å². The summed E-state index contributed by atoms with van der Waals surface area (Å²) in [7, 11) is 5.80. The zero-order valence-electron chi connectivity index (χ0n) is 17.4. The first kappa shape index (κ1) is 24.9. The van der Waals surface area contributed by atoms with Crippen molar-refractivity contribution in [1.29, 1.82) is 0 Å². The van der Waals surface area contributed by atoms with Crippen LogP contribution in [-0.4, -0.2) is 62.2 Å². The van der Waals surface area contributed by atoms with Gasteiger partial charge in [0.2, 0.25) is 0 Å². The Morgan fingerprint density at radius 1 is 1.15 bits per heavy atom. The monoisotopic (exact) mass is 476 g/mol. The number of aromatic nitrogens is 1. The van der Waals surface area contributed by atoms with E-state index in [1.807, 2.05) is 38.3 Å². The van der Waals surface area contributed by atoms with Gasteiger partial charge in [0.1, 0.15) is 5.82 Å². The highest BCUT2D eigenvalue weighted by Gasteiger charge is 2.12. The standard InChI is InChI=1S/C19H36N6.HI/c1-15(2)25(16(3)4)12-8-10-22-19(20-5)23-14-17-9-11-21-18(13-17)24(6)7;/h9,11,13,15-16H,8,10,12,14H2,1-7H3,(H2,20,22,23);1H. The second kappa shape index (κ2) is 13.1. The minimum Gasteiger partial charge on any atom is -0.363 e. The number of guanidine groups is 1. The summed E-state index contributed by atoms with van der Waals surface area (Å²) in [6, 6.07) is 5.27. The third-order valence-electron chi connectivity index (χ3n) is 4.16. The Kier molecular flexibility index (Phi) is 12.6. The Balaban J connectivity index is 0.00000625. The highest BCUT2D eigenvalue weighted by molar-refractivity contribution is 14.0. The van der Waals surface area contributed by atoms with Crippen molar-refractivity contribution in [2.45, 2.75) is 52.7 Å². The molecular weight excluding hydrogens is 439 g/mol. The molecule has 1 rings (SSSR count). The summed E-state index contributed by atoms with van der Waals surface area (Å²) >= 11 is 0. The summed E-state index contributed by atoms with van der Waals surface area (Å²) in [5.41, 5.74) is 1.19. The van der Waals surface area contributed by atoms with E-state index in [2.05, 4.69) is 59.3 Å². The predicted octanol–water partition coefficient (Wildman–Crippen LogP) is 2.94. The molecule has 0 saturated carbocycles.